The van der Waals surface area contributed by atoms with Gasteiger partial charge in [0.1, 0.15) is 18.0 Å². The summed E-state index contributed by atoms with van der Waals surface area (Å²) in [4.78, 5) is 21.7. The highest BCUT2D eigenvalue weighted by molar-refractivity contribution is 7.09. The molecule has 5 aromatic rings. The fourth-order valence-corrected chi connectivity index (χ4v) is 4.32. The number of pyridine rings is 1. The molecule has 2 aromatic carbocycles. The summed E-state index contributed by atoms with van der Waals surface area (Å²) >= 11 is 1.65. The van der Waals surface area contributed by atoms with Gasteiger partial charge in [-0.2, -0.15) is 0 Å². The molecule has 1 amide bonds. The molecule has 0 unspecified atom stereocenters. The Balaban J connectivity index is 1.13. The van der Waals surface area contributed by atoms with Gasteiger partial charge in [-0.3, -0.25) is 4.79 Å². The van der Waals surface area contributed by atoms with Crippen molar-refractivity contribution in [1.29, 1.82) is 0 Å². The molecule has 0 aliphatic heterocycles. The van der Waals surface area contributed by atoms with E-state index < -0.39 is 0 Å². The minimum Gasteiger partial charge on any atom is -0.487 e. The molecule has 3 heterocycles. The number of thiazole rings is 1. The Hall–Kier alpha value is -3.97. The number of rotatable bonds is 8. The Labute approximate surface area is 201 Å². The van der Waals surface area contributed by atoms with Crippen LogP contribution in [0.3, 0.4) is 0 Å². The number of hydrogen-bond donors (Lipinski definition) is 1. The van der Waals surface area contributed by atoms with Gasteiger partial charge in [0.15, 0.2) is 0 Å². The maximum absolute atomic E-state index is 12.6. The second-order valence-corrected chi connectivity index (χ2v) is 9.03. The second kappa shape index (κ2) is 9.89. The summed E-state index contributed by atoms with van der Waals surface area (Å²) in [6.45, 7) is 2.90. The topological polar surface area (TPSA) is 68.5 Å². The number of carbonyl (C=O) groups excluding carboxylic acids is 1. The number of carbonyl (C=O) groups is 1. The third-order valence-corrected chi connectivity index (χ3v) is 6.24. The first kappa shape index (κ1) is 21.9. The molecule has 1 N–H and O–H groups in total. The number of ether oxygens (including phenoxy) is 1. The highest BCUT2D eigenvalue weighted by Crippen LogP contribution is 2.22. The first-order valence-corrected chi connectivity index (χ1v) is 12.0. The van der Waals surface area contributed by atoms with Crippen LogP contribution in [0.1, 0.15) is 26.6 Å². The van der Waals surface area contributed by atoms with Crippen molar-refractivity contribution in [3.8, 4) is 17.0 Å². The van der Waals surface area contributed by atoms with E-state index in [0.717, 1.165) is 34.0 Å². The molecule has 0 fully saturated rings. The average molecular weight is 469 g/mol. The van der Waals surface area contributed by atoms with Gasteiger partial charge >= 0.3 is 0 Å². The van der Waals surface area contributed by atoms with Gasteiger partial charge in [0.25, 0.3) is 5.91 Å². The van der Waals surface area contributed by atoms with Gasteiger partial charge in [-0.05, 0) is 49.2 Å². The predicted octanol–water partition coefficient (Wildman–Crippen LogP) is 5.32. The first-order chi connectivity index (χ1) is 16.6. The van der Waals surface area contributed by atoms with Gasteiger partial charge in [-0.1, -0.05) is 36.4 Å². The van der Waals surface area contributed by atoms with E-state index in [4.69, 9.17) is 4.74 Å². The zero-order valence-corrected chi connectivity index (χ0v) is 19.6. The largest absolute Gasteiger partial charge is 0.487 e. The molecule has 0 aliphatic carbocycles. The maximum Gasteiger partial charge on any atom is 0.251 e. The average Bonchev–Trinajstić information content (AvgIpc) is 3.49. The number of imidazole rings is 1. The monoisotopic (exact) mass is 468 g/mol. The molecule has 170 valence electrons. The zero-order valence-electron chi connectivity index (χ0n) is 18.8. The fraction of sp³-hybridized carbons (Fsp3) is 0.148. The van der Waals surface area contributed by atoms with Gasteiger partial charge in [0.05, 0.1) is 16.4 Å². The SMILES string of the molecule is Cc1nc(-c2ccc(CCNC(=O)c3cccc(OCc4cn5ccccc5n4)c3)cc2)cs1. The minimum atomic E-state index is -0.118. The third kappa shape index (κ3) is 5.15. The Morgan fingerprint density at radius 2 is 1.94 bits per heavy atom. The van der Waals surface area contributed by atoms with Crippen LogP contribution in [0.2, 0.25) is 0 Å². The molecule has 0 spiro atoms. The molecule has 0 radical (unpaired) electrons. The summed E-state index contributed by atoms with van der Waals surface area (Å²) in [5.41, 5.74) is 5.56. The normalized spacial score (nSPS) is 11.0. The molecular formula is C27H24N4O2S. The fourth-order valence-electron chi connectivity index (χ4n) is 3.70. The van der Waals surface area contributed by atoms with E-state index in [0.29, 0.717) is 24.5 Å². The zero-order chi connectivity index (χ0) is 23.3. The van der Waals surface area contributed by atoms with Crippen molar-refractivity contribution in [2.75, 3.05) is 6.54 Å². The molecule has 3 aromatic heterocycles. The van der Waals surface area contributed by atoms with Gasteiger partial charge in [-0.25, -0.2) is 9.97 Å². The van der Waals surface area contributed by atoms with Crippen molar-refractivity contribution in [1.82, 2.24) is 19.7 Å². The standard InChI is InChI=1S/C27H24N4O2S/c1-19-29-25(18-34-19)21-10-8-20(9-11-21)12-13-28-27(32)22-5-4-6-24(15-22)33-17-23-16-31-14-3-2-7-26(31)30-23/h2-11,14-16,18H,12-13,17H2,1H3,(H,28,32). The van der Waals surface area contributed by atoms with Gasteiger partial charge in [0, 0.05) is 35.4 Å². The summed E-state index contributed by atoms with van der Waals surface area (Å²) in [5.74, 6) is 0.519. The second-order valence-electron chi connectivity index (χ2n) is 7.97. The van der Waals surface area contributed by atoms with Gasteiger partial charge in [-0.15, -0.1) is 11.3 Å². The Morgan fingerprint density at radius 1 is 1.06 bits per heavy atom. The number of nitrogens with zero attached hydrogens (tertiary/aromatic N) is 3. The highest BCUT2D eigenvalue weighted by atomic mass is 32.1. The van der Waals surface area contributed by atoms with Crippen molar-refractivity contribution in [2.45, 2.75) is 20.0 Å². The first-order valence-electron chi connectivity index (χ1n) is 11.1. The van der Waals surface area contributed by atoms with Crippen molar-refractivity contribution in [2.24, 2.45) is 0 Å². The van der Waals surface area contributed by atoms with Crippen LogP contribution in [0.25, 0.3) is 16.9 Å². The van der Waals surface area contributed by atoms with E-state index in [-0.39, 0.29) is 5.91 Å². The summed E-state index contributed by atoms with van der Waals surface area (Å²) in [6, 6.07) is 21.4. The number of aryl methyl sites for hydroxylation is 1. The van der Waals surface area contributed by atoms with Crippen LogP contribution in [0.15, 0.2) is 84.5 Å². The quantitative estimate of drug-likeness (QED) is 0.335. The van der Waals surface area contributed by atoms with E-state index >= 15 is 0 Å². The van der Waals surface area contributed by atoms with E-state index in [1.54, 1.807) is 23.5 Å². The van der Waals surface area contributed by atoms with E-state index in [9.17, 15) is 4.79 Å². The number of fused-ring (bicyclic) bond motifs is 1. The van der Waals surface area contributed by atoms with Crippen LogP contribution in [0, 0.1) is 6.92 Å². The molecule has 0 aliphatic rings. The summed E-state index contributed by atoms with van der Waals surface area (Å²) in [6.07, 6.45) is 4.65. The lowest BCUT2D eigenvalue weighted by atomic mass is 10.1. The summed E-state index contributed by atoms with van der Waals surface area (Å²) in [7, 11) is 0. The molecule has 34 heavy (non-hydrogen) atoms. The van der Waals surface area contributed by atoms with Crippen molar-refractivity contribution in [3.05, 3.63) is 106 Å². The van der Waals surface area contributed by atoms with Crippen LogP contribution in [0.4, 0.5) is 0 Å². The van der Waals surface area contributed by atoms with Crippen molar-refractivity contribution >= 4 is 22.9 Å². The molecule has 6 nitrogen and oxygen atoms in total. The molecule has 5 rings (SSSR count). The van der Waals surface area contributed by atoms with Crippen molar-refractivity contribution in [3.63, 3.8) is 0 Å². The summed E-state index contributed by atoms with van der Waals surface area (Å²) in [5, 5.41) is 6.13. The lowest BCUT2D eigenvalue weighted by Crippen LogP contribution is -2.25. The van der Waals surface area contributed by atoms with Crippen molar-refractivity contribution < 1.29 is 9.53 Å². The molecule has 7 heteroatoms. The lowest BCUT2D eigenvalue weighted by molar-refractivity contribution is 0.0953. The Kier molecular flexibility index (Phi) is 6.35. The minimum absolute atomic E-state index is 0.118. The number of aromatic nitrogens is 3. The van der Waals surface area contributed by atoms with Crippen LogP contribution in [0.5, 0.6) is 5.75 Å². The smallest absolute Gasteiger partial charge is 0.251 e. The van der Waals surface area contributed by atoms with Crippen LogP contribution >= 0.6 is 11.3 Å². The Bertz CT molecular complexity index is 1390. The summed E-state index contributed by atoms with van der Waals surface area (Å²) < 4.78 is 7.83. The third-order valence-electron chi connectivity index (χ3n) is 5.46. The molecule has 0 bridgehead atoms. The van der Waals surface area contributed by atoms with E-state index in [2.05, 4.69) is 44.9 Å². The van der Waals surface area contributed by atoms with Crippen LogP contribution < -0.4 is 10.1 Å². The molecule has 0 saturated heterocycles. The number of amides is 1. The maximum atomic E-state index is 12.6. The van der Waals surface area contributed by atoms with Crippen LogP contribution in [-0.2, 0) is 13.0 Å². The molecule has 0 saturated carbocycles. The van der Waals surface area contributed by atoms with E-state index in [1.807, 2.05) is 54.0 Å². The van der Waals surface area contributed by atoms with E-state index in [1.165, 1.54) is 5.56 Å². The lowest BCUT2D eigenvalue weighted by Gasteiger charge is -2.08. The van der Waals surface area contributed by atoms with Crippen LogP contribution in [-0.4, -0.2) is 26.8 Å². The molecule has 0 atom stereocenters. The predicted molar refractivity (Wildman–Crippen MR) is 134 cm³/mol. The molecular weight excluding hydrogens is 444 g/mol. The highest BCUT2D eigenvalue weighted by Gasteiger charge is 2.08. The van der Waals surface area contributed by atoms with Gasteiger partial charge < -0.3 is 14.5 Å². The number of benzene rings is 2. The number of hydrogen-bond acceptors (Lipinski definition) is 5. The number of nitrogens with one attached hydrogen (secondary N) is 1. The van der Waals surface area contributed by atoms with Gasteiger partial charge in [0.2, 0.25) is 0 Å². The Morgan fingerprint density at radius 3 is 2.74 bits per heavy atom.